The Morgan fingerprint density at radius 2 is 1.90 bits per heavy atom. The maximum absolute atomic E-state index is 12.9. The first-order valence-corrected chi connectivity index (χ1v) is 9.57. The van der Waals surface area contributed by atoms with Gasteiger partial charge in [0.25, 0.3) is 0 Å². The molecule has 7 heteroatoms. The van der Waals surface area contributed by atoms with Gasteiger partial charge in [-0.05, 0) is 48.3 Å². The van der Waals surface area contributed by atoms with Gasteiger partial charge in [0.1, 0.15) is 11.3 Å². The van der Waals surface area contributed by atoms with E-state index in [4.69, 9.17) is 21.1 Å². The van der Waals surface area contributed by atoms with Crippen LogP contribution >= 0.6 is 11.6 Å². The van der Waals surface area contributed by atoms with E-state index in [1.54, 1.807) is 24.3 Å². The molecule has 0 bridgehead atoms. The first kappa shape index (κ1) is 19.7. The first-order chi connectivity index (χ1) is 14.4. The molecule has 30 heavy (non-hydrogen) atoms. The Balaban J connectivity index is 1.73. The summed E-state index contributed by atoms with van der Waals surface area (Å²) in [6.07, 6.45) is 4.83. The number of fused-ring (bicyclic) bond motifs is 2. The number of anilines is 1. The number of carbonyl (C=O) groups excluding carboxylic acids is 1. The minimum Gasteiger partial charge on any atom is -0.478 e. The fraction of sp³-hybridized carbons (Fsp3) is 0.0870. The summed E-state index contributed by atoms with van der Waals surface area (Å²) in [7, 11) is 0. The number of carbonyl (C=O) groups is 2. The van der Waals surface area contributed by atoms with Crippen LogP contribution in [0.15, 0.2) is 63.8 Å². The minimum absolute atomic E-state index is 0.0996. The summed E-state index contributed by atoms with van der Waals surface area (Å²) in [5, 5.41) is 12.2. The fourth-order valence-electron chi connectivity index (χ4n) is 3.42. The van der Waals surface area contributed by atoms with Gasteiger partial charge in [-0.2, -0.15) is 0 Å². The van der Waals surface area contributed by atoms with Crippen LogP contribution in [-0.2, 0) is 16.0 Å². The molecule has 1 aliphatic rings. The highest BCUT2D eigenvalue weighted by molar-refractivity contribution is 6.32. The van der Waals surface area contributed by atoms with Gasteiger partial charge < -0.3 is 14.8 Å². The van der Waals surface area contributed by atoms with Crippen molar-refractivity contribution >= 4 is 51.8 Å². The van der Waals surface area contributed by atoms with Crippen LogP contribution < -0.4 is 10.7 Å². The van der Waals surface area contributed by atoms with E-state index in [0.29, 0.717) is 45.8 Å². The Hall–Kier alpha value is -3.64. The monoisotopic (exact) mass is 421 g/mol. The topological polar surface area (TPSA) is 96.6 Å². The second kappa shape index (κ2) is 8.00. The number of rotatable bonds is 4. The lowest BCUT2D eigenvalue weighted by molar-refractivity contribution is -0.131. The van der Waals surface area contributed by atoms with Crippen LogP contribution in [0.2, 0.25) is 5.02 Å². The van der Waals surface area contributed by atoms with Gasteiger partial charge >= 0.3 is 5.97 Å². The summed E-state index contributed by atoms with van der Waals surface area (Å²) in [6, 6.07) is 12.1. The van der Waals surface area contributed by atoms with Crippen LogP contribution in [0.3, 0.4) is 0 Å². The molecule has 1 aliphatic carbocycles. The molecular formula is C23H16ClNO5. The highest BCUT2D eigenvalue weighted by Gasteiger charge is 2.24. The number of benzene rings is 2. The molecule has 150 valence electrons. The fourth-order valence-corrected chi connectivity index (χ4v) is 3.61. The molecular weight excluding hydrogens is 406 g/mol. The highest BCUT2D eigenvalue weighted by Crippen LogP contribution is 2.35. The Morgan fingerprint density at radius 1 is 1.10 bits per heavy atom. The van der Waals surface area contributed by atoms with Crippen molar-refractivity contribution in [2.24, 2.45) is 0 Å². The molecule has 0 aliphatic heterocycles. The number of hydrogen-bond acceptors (Lipinski definition) is 4. The molecule has 2 aromatic carbocycles. The standard InChI is InChI=1S/C23H16ClNO5/c24-18-4-2-1-3-13(18)11-14-5-7-17-22(29)16-8-6-15(12-19(16)30-23(14)17)25-20(26)9-10-21(27)28/h1-4,6,8-12H,5,7H2,(H,25,26)(H,27,28)/b10-9+,14-11?. The van der Waals surface area contributed by atoms with Gasteiger partial charge in [-0.1, -0.05) is 29.8 Å². The Bertz CT molecular complexity index is 1300. The summed E-state index contributed by atoms with van der Waals surface area (Å²) in [6.45, 7) is 0. The van der Waals surface area contributed by atoms with E-state index < -0.39 is 11.9 Å². The number of nitrogens with one attached hydrogen (secondary N) is 1. The lowest BCUT2D eigenvalue weighted by Crippen LogP contribution is -2.11. The van der Waals surface area contributed by atoms with Crippen molar-refractivity contribution in [3.8, 4) is 0 Å². The van der Waals surface area contributed by atoms with Crippen LogP contribution in [-0.4, -0.2) is 17.0 Å². The van der Waals surface area contributed by atoms with Gasteiger partial charge in [0.05, 0.1) is 5.39 Å². The van der Waals surface area contributed by atoms with Crippen LogP contribution in [0.4, 0.5) is 5.69 Å². The molecule has 0 atom stereocenters. The normalized spacial score (nSPS) is 14.4. The number of aliphatic carboxylic acids is 1. The smallest absolute Gasteiger partial charge is 0.328 e. The average molecular weight is 422 g/mol. The molecule has 0 saturated carbocycles. The molecule has 1 amide bonds. The van der Waals surface area contributed by atoms with E-state index in [1.165, 1.54) is 0 Å². The minimum atomic E-state index is -1.22. The van der Waals surface area contributed by atoms with E-state index in [9.17, 15) is 14.4 Å². The first-order valence-electron chi connectivity index (χ1n) is 9.19. The van der Waals surface area contributed by atoms with Gasteiger partial charge in [-0.25, -0.2) is 4.79 Å². The van der Waals surface area contributed by atoms with Crippen molar-refractivity contribution in [3.05, 3.63) is 86.7 Å². The maximum atomic E-state index is 12.9. The van der Waals surface area contributed by atoms with Crippen molar-refractivity contribution < 1.29 is 19.1 Å². The number of carboxylic acid groups (broad SMARTS) is 1. The Labute approximate surface area is 176 Å². The second-order valence-corrected chi connectivity index (χ2v) is 7.21. The molecule has 1 heterocycles. The molecule has 0 spiro atoms. The van der Waals surface area contributed by atoms with Crippen LogP contribution in [0, 0.1) is 0 Å². The van der Waals surface area contributed by atoms with Crippen molar-refractivity contribution in [1.82, 2.24) is 0 Å². The van der Waals surface area contributed by atoms with Gasteiger partial charge in [0, 0.05) is 34.5 Å². The third kappa shape index (κ3) is 3.90. The highest BCUT2D eigenvalue weighted by atomic mass is 35.5. The van der Waals surface area contributed by atoms with Crippen LogP contribution in [0.5, 0.6) is 0 Å². The summed E-state index contributed by atoms with van der Waals surface area (Å²) in [4.78, 5) is 35.3. The predicted molar refractivity (Wildman–Crippen MR) is 116 cm³/mol. The zero-order valence-corrected chi connectivity index (χ0v) is 16.4. The number of allylic oxidation sites excluding steroid dienone is 1. The van der Waals surface area contributed by atoms with Crippen molar-refractivity contribution in [3.63, 3.8) is 0 Å². The van der Waals surface area contributed by atoms with Crippen molar-refractivity contribution in [2.45, 2.75) is 12.8 Å². The quantitative estimate of drug-likeness (QED) is 0.604. The summed E-state index contributed by atoms with van der Waals surface area (Å²) >= 11 is 6.25. The van der Waals surface area contributed by atoms with Crippen molar-refractivity contribution in [2.75, 3.05) is 5.32 Å². The molecule has 0 unspecified atom stereocenters. The van der Waals surface area contributed by atoms with Crippen LogP contribution in [0.1, 0.15) is 23.3 Å². The van der Waals surface area contributed by atoms with E-state index >= 15 is 0 Å². The molecule has 2 N–H and O–H groups in total. The average Bonchev–Trinajstić information content (AvgIpc) is 3.11. The molecule has 3 aromatic rings. The Kier molecular flexibility index (Phi) is 5.25. The number of hydrogen-bond donors (Lipinski definition) is 2. The maximum Gasteiger partial charge on any atom is 0.328 e. The van der Waals surface area contributed by atoms with E-state index in [-0.39, 0.29) is 5.43 Å². The van der Waals surface area contributed by atoms with Gasteiger partial charge in [-0.3, -0.25) is 9.59 Å². The third-order valence-corrected chi connectivity index (χ3v) is 5.15. The zero-order chi connectivity index (χ0) is 21.3. The van der Waals surface area contributed by atoms with Crippen molar-refractivity contribution in [1.29, 1.82) is 0 Å². The molecule has 0 radical (unpaired) electrons. The van der Waals surface area contributed by atoms with Gasteiger partial charge in [0.15, 0.2) is 5.43 Å². The van der Waals surface area contributed by atoms with E-state index in [0.717, 1.165) is 23.3 Å². The van der Waals surface area contributed by atoms with E-state index in [1.807, 2.05) is 24.3 Å². The molecule has 0 saturated heterocycles. The number of halogens is 1. The SMILES string of the molecule is O=C(O)/C=C/C(=O)Nc1ccc2c(=O)c3c(oc2c1)C(=Cc1ccccc1Cl)CC3. The predicted octanol–water partition coefficient (Wildman–Crippen LogP) is 4.51. The third-order valence-electron chi connectivity index (χ3n) is 4.80. The molecule has 1 aromatic heterocycles. The summed E-state index contributed by atoms with van der Waals surface area (Å²) < 4.78 is 6.06. The molecule has 4 rings (SSSR count). The molecule has 6 nitrogen and oxygen atoms in total. The largest absolute Gasteiger partial charge is 0.478 e. The zero-order valence-electron chi connectivity index (χ0n) is 15.6. The number of carboxylic acids is 1. The molecule has 0 fully saturated rings. The van der Waals surface area contributed by atoms with Gasteiger partial charge in [0.2, 0.25) is 5.91 Å². The van der Waals surface area contributed by atoms with Gasteiger partial charge in [-0.15, -0.1) is 0 Å². The summed E-state index contributed by atoms with van der Waals surface area (Å²) in [5.74, 6) is -1.29. The van der Waals surface area contributed by atoms with E-state index in [2.05, 4.69) is 5.32 Å². The summed E-state index contributed by atoms with van der Waals surface area (Å²) in [5.41, 5.74) is 2.98. The second-order valence-electron chi connectivity index (χ2n) is 6.80. The lowest BCUT2D eigenvalue weighted by Gasteiger charge is -2.07. The van der Waals surface area contributed by atoms with Crippen LogP contribution in [0.25, 0.3) is 22.6 Å². The number of amides is 1. The lowest BCUT2D eigenvalue weighted by atomic mass is 10.1. The Morgan fingerprint density at radius 3 is 2.67 bits per heavy atom.